The maximum absolute atomic E-state index is 10.0. The number of phenols is 1. The Labute approximate surface area is 107 Å². The molecule has 1 fully saturated rings. The van der Waals surface area contributed by atoms with Crippen molar-refractivity contribution in [3.63, 3.8) is 0 Å². The molecule has 1 heterocycles. The van der Waals surface area contributed by atoms with Crippen molar-refractivity contribution in [3.8, 4) is 11.5 Å². The van der Waals surface area contributed by atoms with Crippen molar-refractivity contribution in [2.75, 3.05) is 39.9 Å². The first-order valence-electron chi connectivity index (χ1n) is 6.18. The Morgan fingerprint density at radius 3 is 2.67 bits per heavy atom. The molecule has 1 saturated heterocycles. The molecule has 5 heteroatoms. The van der Waals surface area contributed by atoms with Crippen molar-refractivity contribution in [3.05, 3.63) is 23.8 Å². The van der Waals surface area contributed by atoms with Crippen molar-refractivity contribution >= 4 is 0 Å². The van der Waals surface area contributed by atoms with Crippen LogP contribution in [0.25, 0.3) is 0 Å². The number of piperazine rings is 1. The van der Waals surface area contributed by atoms with Crippen LogP contribution in [0.4, 0.5) is 0 Å². The molecule has 0 aliphatic carbocycles. The van der Waals surface area contributed by atoms with Gasteiger partial charge >= 0.3 is 0 Å². The molecule has 2 rings (SSSR count). The second kappa shape index (κ2) is 6.04. The third kappa shape index (κ3) is 2.75. The molecule has 1 aliphatic heterocycles. The van der Waals surface area contributed by atoms with E-state index in [2.05, 4.69) is 10.2 Å². The van der Waals surface area contributed by atoms with Gasteiger partial charge < -0.3 is 20.3 Å². The van der Waals surface area contributed by atoms with Gasteiger partial charge in [0.15, 0.2) is 0 Å². The third-order valence-electron chi connectivity index (χ3n) is 3.36. The summed E-state index contributed by atoms with van der Waals surface area (Å²) in [5.74, 6) is 0.792. The zero-order valence-electron chi connectivity index (χ0n) is 10.6. The molecule has 0 spiro atoms. The Balaban J connectivity index is 2.20. The van der Waals surface area contributed by atoms with Gasteiger partial charge in [0.1, 0.15) is 11.5 Å². The summed E-state index contributed by atoms with van der Waals surface area (Å²) >= 11 is 0. The predicted molar refractivity (Wildman–Crippen MR) is 68.9 cm³/mol. The van der Waals surface area contributed by atoms with Crippen molar-refractivity contribution in [2.45, 2.75) is 6.04 Å². The topological polar surface area (TPSA) is 65.0 Å². The minimum absolute atomic E-state index is 0.000110. The lowest BCUT2D eigenvalue weighted by atomic mass is 10.0. The summed E-state index contributed by atoms with van der Waals surface area (Å²) in [6, 6.07) is 5.05. The van der Waals surface area contributed by atoms with Crippen LogP contribution in [-0.2, 0) is 0 Å². The number of rotatable bonds is 4. The maximum Gasteiger partial charge on any atom is 0.124 e. The van der Waals surface area contributed by atoms with Gasteiger partial charge in [0.25, 0.3) is 0 Å². The second-order valence-corrected chi connectivity index (χ2v) is 4.41. The van der Waals surface area contributed by atoms with E-state index in [9.17, 15) is 10.2 Å². The van der Waals surface area contributed by atoms with Crippen LogP contribution in [0.3, 0.4) is 0 Å². The number of nitrogens with zero attached hydrogens (tertiary/aromatic N) is 1. The number of benzene rings is 1. The van der Waals surface area contributed by atoms with E-state index in [1.807, 2.05) is 6.07 Å². The van der Waals surface area contributed by atoms with Crippen LogP contribution in [0.5, 0.6) is 11.5 Å². The number of hydrogen-bond acceptors (Lipinski definition) is 5. The Bertz CT molecular complexity index is 392. The quantitative estimate of drug-likeness (QED) is 0.721. The molecule has 18 heavy (non-hydrogen) atoms. The van der Waals surface area contributed by atoms with Crippen molar-refractivity contribution < 1.29 is 14.9 Å². The summed E-state index contributed by atoms with van der Waals surface area (Å²) in [5.41, 5.74) is 0.750. The number of aliphatic hydroxyl groups is 1. The summed E-state index contributed by atoms with van der Waals surface area (Å²) in [6.45, 7) is 3.56. The average Bonchev–Trinajstić information content (AvgIpc) is 2.42. The van der Waals surface area contributed by atoms with Crippen molar-refractivity contribution in [2.24, 2.45) is 0 Å². The van der Waals surface area contributed by atoms with Gasteiger partial charge in [0.05, 0.1) is 19.8 Å². The molecule has 1 aliphatic rings. The van der Waals surface area contributed by atoms with Gasteiger partial charge in [-0.1, -0.05) is 0 Å². The van der Waals surface area contributed by atoms with Gasteiger partial charge in [-0.25, -0.2) is 0 Å². The number of aromatic hydroxyl groups is 1. The van der Waals surface area contributed by atoms with E-state index in [1.165, 1.54) is 0 Å². The zero-order chi connectivity index (χ0) is 13.0. The largest absolute Gasteiger partial charge is 0.507 e. The molecule has 1 aromatic rings. The minimum Gasteiger partial charge on any atom is -0.507 e. The van der Waals surface area contributed by atoms with Crippen LogP contribution in [-0.4, -0.2) is 55.0 Å². The standard InChI is InChI=1S/C13H20N2O3/c1-18-10-2-3-11(13(17)8-10)12(9-16)15-6-4-14-5-7-15/h2-3,8,12,14,16-17H,4-7,9H2,1H3/t12-/m1/s1. The van der Waals surface area contributed by atoms with Crippen LogP contribution >= 0.6 is 0 Å². The second-order valence-electron chi connectivity index (χ2n) is 4.41. The number of hydrogen-bond donors (Lipinski definition) is 3. The van der Waals surface area contributed by atoms with E-state index in [0.717, 1.165) is 31.7 Å². The fraction of sp³-hybridized carbons (Fsp3) is 0.538. The Morgan fingerprint density at radius 1 is 1.39 bits per heavy atom. The van der Waals surface area contributed by atoms with Gasteiger partial charge in [-0.3, -0.25) is 4.90 Å². The summed E-state index contributed by atoms with van der Waals surface area (Å²) in [4.78, 5) is 2.18. The number of nitrogens with one attached hydrogen (secondary N) is 1. The number of ether oxygens (including phenoxy) is 1. The number of phenolic OH excluding ortho intramolecular Hbond substituents is 1. The molecule has 0 radical (unpaired) electrons. The van der Waals surface area contributed by atoms with Gasteiger partial charge in [-0.05, 0) is 12.1 Å². The lowest BCUT2D eigenvalue weighted by Gasteiger charge is -2.34. The summed E-state index contributed by atoms with van der Waals surface area (Å²) < 4.78 is 5.06. The monoisotopic (exact) mass is 252 g/mol. The van der Waals surface area contributed by atoms with E-state index in [-0.39, 0.29) is 18.4 Å². The normalized spacial score (nSPS) is 18.6. The van der Waals surface area contributed by atoms with Gasteiger partial charge in [-0.2, -0.15) is 0 Å². The molecule has 0 saturated carbocycles. The average molecular weight is 252 g/mol. The SMILES string of the molecule is COc1ccc([C@@H](CO)N2CCNCC2)c(O)c1. The molecule has 1 atom stereocenters. The maximum atomic E-state index is 10.0. The van der Waals surface area contributed by atoms with Crippen LogP contribution in [0, 0.1) is 0 Å². The van der Waals surface area contributed by atoms with Gasteiger partial charge in [0, 0.05) is 37.8 Å². The molecule has 1 aromatic carbocycles. The first kappa shape index (κ1) is 13.1. The van der Waals surface area contributed by atoms with Crippen LogP contribution in [0.15, 0.2) is 18.2 Å². The first-order chi connectivity index (χ1) is 8.76. The summed E-state index contributed by atoms with van der Waals surface area (Å²) in [6.07, 6.45) is 0. The highest BCUT2D eigenvalue weighted by Gasteiger charge is 2.23. The van der Waals surface area contributed by atoms with E-state index in [4.69, 9.17) is 4.74 Å². The predicted octanol–water partition coefficient (Wildman–Crippen LogP) is 0.339. The molecule has 0 aromatic heterocycles. The molecule has 5 nitrogen and oxygen atoms in total. The lowest BCUT2D eigenvalue weighted by Crippen LogP contribution is -2.46. The molecule has 3 N–H and O–H groups in total. The van der Waals surface area contributed by atoms with Crippen LogP contribution < -0.4 is 10.1 Å². The Hall–Kier alpha value is -1.30. The van der Waals surface area contributed by atoms with Crippen LogP contribution in [0.2, 0.25) is 0 Å². The number of aliphatic hydroxyl groups excluding tert-OH is 1. The zero-order valence-corrected chi connectivity index (χ0v) is 10.6. The molecule has 100 valence electrons. The number of methoxy groups -OCH3 is 1. The minimum atomic E-state index is -0.155. The fourth-order valence-electron chi connectivity index (χ4n) is 2.34. The molecule has 0 amide bonds. The smallest absolute Gasteiger partial charge is 0.124 e. The van der Waals surface area contributed by atoms with Crippen LogP contribution in [0.1, 0.15) is 11.6 Å². The van der Waals surface area contributed by atoms with E-state index in [1.54, 1.807) is 19.2 Å². The van der Waals surface area contributed by atoms with E-state index >= 15 is 0 Å². The molecular weight excluding hydrogens is 232 g/mol. The van der Waals surface area contributed by atoms with E-state index in [0.29, 0.717) is 5.75 Å². The Kier molecular flexibility index (Phi) is 4.41. The van der Waals surface area contributed by atoms with Gasteiger partial charge in [-0.15, -0.1) is 0 Å². The fourth-order valence-corrected chi connectivity index (χ4v) is 2.34. The summed E-state index contributed by atoms with van der Waals surface area (Å²) in [7, 11) is 1.56. The highest BCUT2D eigenvalue weighted by atomic mass is 16.5. The highest BCUT2D eigenvalue weighted by molar-refractivity contribution is 5.41. The lowest BCUT2D eigenvalue weighted by molar-refractivity contribution is 0.109. The van der Waals surface area contributed by atoms with Crippen molar-refractivity contribution in [1.82, 2.24) is 10.2 Å². The van der Waals surface area contributed by atoms with Crippen molar-refractivity contribution in [1.29, 1.82) is 0 Å². The molecule has 0 unspecified atom stereocenters. The first-order valence-corrected chi connectivity index (χ1v) is 6.18. The molecular formula is C13H20N2O3. The van der Waals surface area contributed by atoms with Gasteiger partial charge in [0.2, 0.25) is 0 Å². The highest BCUT2D eigenvalue weighted by Crippen LogP contribution is 2.31. The summed E-state index contributed by atoms with van der Waals surface area (Å²) in [5, 5.41) is 22.9. The molecule has 0 bridgehead atoms. The third-order valence-corrected chi connectivity index (χ3v) is 3.36. The Morgan fingerprint density at radius 2 is 2.11 bits per heavy atom. The van der Waals surface area contributed by atoms with E-state index < -0.39 is 0 Å².